The van der Waals surface area contributed by atoms with E-state index in [-0.39, 0.29) is 17.4 Å². The second-order valence-corrected chi connectivity index (χ2v) is 9.49. The molecule has 176 valence electrons. The van der Waals surface area contributed by atoms with E-state index in [0.717, 1.165) is 12.8 Å². The monoisotopic (exact) mass is 516 g/mol. The van der Waals surface area contributed by atoms with Gasteiger partial charge in [-0.1, -0.05) is 36.7 Å². The lowest BCUT2D eigenvalue weighted by atomic mass is 9.75. The number of carbonyl (C=O) groups excluding carboxylic acids is 1. The van der Waals surface area contributed by atoms with Crippen LogP contribution in [0.5, 0.6) is 11.5 Å². The van der Waals surface area contributed by atoms with Gasteiger partial charge in [-0.15, -0.1) is 0 Å². The third-order valence-corrected chi connectivity index (χ3v) is 6.10. The number of nitrogens with zero attached hydrogens (tertiary/aromatic N) is 1. The first kappa shape index (κ1) is 24.3. The maximum absolute atomic E-state index is 12.8. The Balaban J connectivity index is 2.03. The maximum atomic E-state index is 12.8. The van der Waals surface area contributed by atoms with Crippen molar-refractivity contribution in [3.63, 3.8) is 0 Å². The minimum absolute atomic E-state index is 0.0616. The van der Waals surface area contributed by atoms with E-state index in [0.29, 0.717) is 34.9 Å². The van der Waals surface area contributed by atoms with Crippen LogP contribution in [0.2, 0.25) is 0 Å². The summed E-state index contributed by atoms with van der Waals surface area (Å²) < 4.78 is 47.5. The molecular formula is C22H27BrF2N2O5. The van der Waals surface area contributed by atoms with Crippen LogP contribution in [0.15, 0.2) is 22.6 Å². The Kier molecular flexibility index (Phi) is 7.02. The van der Waals surface area contributed by atoms with Gasteiger partial charge in [-0.25, -0.2) is 9.78 Å². The van der Waals surface area contributed by atoms with Crippen LogP contribution in [0.1, 0.15) is 52.0 Å². The first-order valence-corrected chi connectivity index (χ1v) is 11.3. The van der Waals surface area contributed by atoms with E-state index < -0.39 is 23.7 Å². The molecule has 1 amide bonds. The van der Waals surface area contributed by atoms with Gasteiger partial charge in [0.05, 0.1) is 12.3 Å². The number of hydrogen-bond donors (Lipinski definition) is 1. The predicted octanol–water partition coefficient (Wildman–Crippen LogP) is 5.98. The number of ether oxygens (including phenoxy) is 3. The van der Waals surface area contributed by atoms with Gasteiger partial charge >= 0.3 is 12.7 Å². The number of alkyl halides is 3. The highest BCUT2D eigenvalue weighted by atomic mass is 79.9. The van der Waals surface area contributed by atoms with Gasteiger partial charge < -0.3 is 24.4 Å². The minimum Gasteiger partial charge on any atom is -0.489 e. The Labute approximate surface area is 193 Å². The van der Waals surface area contributed by atoms with Crippen LogP contribution in [0.25, 0.3) is 11.5 Å². The summed E-state index contributed by atoms with van der Waals surface area (Å²) in [5.74, 6) is 1.10. The highest BCUT2D eigenvalue weighted by Crippen LogP contribution is 2.46. The molecule has 10 heteroatoms. The van der Waals surface area contributed by atoms with Crippen LogP contribution < -0.4 is 15.2 Å². The Bertz CT molecular complexity index is 972. The molecule has 3 rings (SSSR count). The average molecular weight is 517 g/mol. The summed E-state index contributed by atoms with van der Waals surface area (Å²) in [4.78, 5) is 16.2. The predicted molar refractivity (Wildman–Crippen MR) is 117 cm³/mol. The Morgan fingerprint density at radius 1 is 1.28 bits per heavy atom. The van der Waals surface area contributed by atoms with Gasteiger partial charge in [-0.3, -0.25) is 0 Å². The molecule has 1 aromatic heterocycles. The number of aromatic nitrogens is 1. The fourth-order valence-corrected chi connectivity index (χ4v) is 3.50. The fourth-order valence-electron chi connectivity index (χ4n) is 3.12. The van der Waals surface area contributed by atoms with Crippen molar-refractivity contribution in [2.24, 2.45) is 17.1 Å². The molecule has 1 heterocycles. The first-order valence-electron chi connectivity index (χ1n) is 10.2. The van der Waals surface area contributed by atoms with Gasteiger partial charge in [0.2, 0.25) is 5.89 Å². The van der Waals surface area contributed by atoms with E-state index in [2.05, 4.69) is 25.7 Å². The van der Waals surface area contributed by atoms with Gasteiger partial charge in [0.25, 0.3) is 0 Å². The van der Waals surface area contributed by atoms with Crippen molar-refractivity contribution in [3.05, 3.63) is 29.7 Å². The highest BCUT2D eigenvalue weighted by Gasteiger charge is 2.47. The molecule has 0 aliphatic heterocycles. The summed E-state index contributed by atoms with van der Waals surface area (Å²) in [6, 6.07) is 4.50. The third-order valence-electron chi connectivity index (χ3n) is 5.57. The molecule has 32 heavy (non-hydrogen) atoms. The zero-order valence-corrected chi connectivity index (χ0v) is 20.0. The number of primary amides is 1. The summed E-state index contributed by atoms with van der Waals surface area (Å²) in [6.45, 7) is 4.80. The number of rotatable bonds is 9. The first-order chi connectivity index (χ1) is 14.9. The lowest BCUT2D eigenvalue weighted by molar-refractivity contribution is -0.0708. The summed E-state index contributed by atoms with van der Waals surface area (Å²) in [5.41, 5.74) is 4.56. The van der Waals surface area contributed by atoms with Crippen molar-refractivity contribution in [1.82, 2.24) is 4.98 Å². The zero-order chi connectivity index (χ0) is 23.7. The minimum atomic E-state index is -2.98. The SMILES string of the molecule is CC(C)(C)C(C)(OC(N)=O)c1oc(-c2ccc(OC(F)F)c(OCC3CC3)c2)nc1CBr. The zero-order valence-electron chi connectivity index (χ0n) is 18.4. The van der Waals surface area contributed by atoms with Crippen molar-refractivity contribution in [2.75, 3.05) is 6.61 Å². The van der Waals surface area contributed by atoms with E-state index in [9.17, 15) is 13.6 Å². The summed E-state index contributed by atoms with van der Waals surface area (Å²) in [5, 5.41) is 0.331. The number of carbonyl (C=O) groups is 1. The van der Waals surface area contributed by atoms with Crippen molar-refractivity contribution in [1.29, 1.82) is 0 Å². The maximum Gasteiger partial charge on any atom is 0.405 e. The molecule has 0 spiro atoms. The molecule has 2 aromatic rings. The fraction of sp³-hybridized carbons (Fsp3) is 0.545. The second-order valence-electron chi connectivity index (χ2n) is 8.93. The molecule has 0 bridgehead atoms. The van der Waals surface area contributed by atoms with E-state index in [1.807, 2.05) is 20.8 Å². The normalized spacial score (nSPS) is 16.0. The van der Waals surface area contributed by atoms with Crippen LogP contribution in [0.4, 0.5) is 13.6 Å². The van der Waals surface area contributed by atoms with Gasteiger partial charge in [-0.05, 0) is 43.9 Å². The number of halogens is 3. The molecule has 0 radical (unpaired) electrons. The van der Waals surface area contributed by atoms with Gasteiger partial charge in [0.15, 0.2) is 22.9 Å². The summed E-state index contributed by atoms with van der Waals surface area (Å²) in [7, 11) is 0. The lowest BCUT2D eigenvalue weighted by Gasteiger charge is -2.39. The smallest absolute Gasteiger partial charge is 0.405 e. The van der Waals surface area contributed by atoms with E-state index >= 15 is 0 Å². The molecule has 2 N–H and O–H groups in total. The topological polar surface area (TPSA) is 96.8 Å². The van der Waals surface area contributed by atoms with Crippen molar-refractivity contribution in [3.8, 4) is 23.0 Å². The van der Waals surface area contributed by atoms with E-state index in [1.165, 1.54) is 6.07 Å². The van der Waals surface area contributed by atoms with Gasteiger partial charge in [0.1, 0.15) is 0 Å². The van der Waals surface area contributed by atoms with Crippen LogP contribution in [0, 0.1) is 11.3 Å². The van der Waals surface area contributed by atoms with E-state index in [1.54, 1.807) is 19.1 Å². The van der Waals surface area contributed by atoms with Gasteiger partial charge in [-0.2, -0.15) is 8.78 Å². The Morgan fingerprint density at radius 2 is 1.97 bits per heavy atom. The van der Waals surface area contributed by atoms with E-state index in [4.69, 9.17) is 19.6 Å². The molecule has 1 aromatic carbocycles. The van der Waals surface area contributed by atoms with Crippen molar-refractivity contribution >= 4 is 22.0 Å². The van der Waals surface area contributed by atoms with Gasteiger partial charge in [0, 0.05) is 16.3 Å². The number of hydrogen-bond acceptors (Lipinski definition) is 6. The number of benzene rings is 1. The molecule has 1 fully saturated rings. The molecule has 7 nitrogen and oxygen atoms in total. The summed E-state index contributed by atoms with van der Waals surface area (Å²) in [6.07, 6.45) is 1.16. The molecule has 0 saturated heterocycles. The van der Waals surface area contributed by atoms with Crippen LogP contribution in [-0.2, 0) is 15.7 Å². The Hall–Kier alpha value is -2.36. The quantitative estimate of drug-likeness (QED) is 0.411. The largest absolute Gasteiger partial charge is 0.489 e. The van der Waals surface area contributed by atoms with Crippen molar-refractivity contribution < 1.29 is 32.2 Å². The molecule has 1 saturated carbocycles. The standard InChI is InChI=1S/C22H27BrF2N2O5/c1-21(2,3)22(4,32-20(26)28)17-14(10-23)27-18(31-17)13-7-8-15(30-19(24)25)16(9-13)29-11-12-5-6-12/h7-9,12,19H,5-6,10-11H2,1-4H3,(H2,26,28). The second kappa shape index (κ2) is 9.25. The molecule has 1 aliphatic rings. The highest BCUT2D eigenvalue weighted by molar-refractivity contribution is 9.08. The molecular weight excluding hydrogens is 490 g/mol. The molecule has 1 unspecified atom stereocenters. The van der Waals surface area contributed by atoms with Crippen LogP contribution in [0.3, 0.4) is 0 Å². The van der Waals surface area contributed by atoms with Crippen molar-refractivity contribution in [2.45, 2.75) is 58.1 Å². The molecule has 1 atom stereocenters. The number of oxazole rings is 1. The molecule has 1 aliphatic carbocycles. The Morgan fingerprint density at radius 3 is 2.50 bits per heavy atom. The third kappa shape index (κ3) is 5.33. The number of nitrogens with two attached hydrogens (primary N) is 1. The van der Waals surface area contributed by atoms with Crippen LogP contribution in [-0.4, -0.2) is 24.3 Å². The summed E-state index contributed by atoms with van der Waals surface area (Å²) >= 11 is 3.40. The average Bonchev–Trinajstić information content (AvgIpc) is 3.41. The van der Waals surface area contributed by atoms with Crippen LogP contribution >= 0.6 is 15.9 Å². The number of amides is 1. The lowest BCUT2D eigenvalue weighted by Crippen LogP contribution is -2.43.